The van der Waals surface area contributed by atoms with E-state index in [2.05, 4.69) is 34.4 Å². The predicted octanol–water partition coefficient (Wildman–Crippen LogP) is 0.278. The van der Waals surface area contributed by atoms with E-state index in [9.17, 15) is 14.5 Å². The molecule has 7 atom stereocenters. The van der Waals surface area contributed by atoms with Gasteiger partial charge in [-0.25, -0.2) is 0 Å². The number of carbonyl (C=O) groups excluding carboxylic acids is 2. The van der Waals surface area contributed by atoms with Crippen LogP contribution in [0.5, 0.6) is 0 Å². The summed E-state index contributed by atoms with van der Waals surface area (Å²) in [5.41, 5.74) is 4.10. The van der Waals surface area contributed by atoms with Crippen LogP contribution in [-0.2, 0) is 9.59 Å². The maximum Gasteiger partial charge on any atom is 0.256 e. The fourth-order valence-electron chi connectivity index (χ4n) is 5.18. The maximum atomic E-state index is 12.7. The molecular formula is C20H31N6O3+. The first kappa shape index (κ1) is 21.2. The molecule has 2 fully saturated rings. The lowest BCUT2D eigenvalue weighted by Crippen LogP contribution is -2.59. The molecule has 0 aromatic heterocycles. The summed E-state index contributed by atoms with van der Waals surface area (Å²) in [5.74, 6) is -0.317. The third-order valence-electron chi connectivity index (χ3n) is 6.60. The molecule has 2 saturated heterocycles. The van der Waals surface area contributed by atoms with E-state index in [1.807, 2.05) is 13.8 Å². The summed E-state index contributed by atoms with van der Waals surface area (Å²) in [6, 6.07) is 0.996. The maximum absolute atomic E-state index is 12.7. The van der Waals surface area contributed by atoms with E-state index in [0.717, 1.165) is 18.5 Å². The number of amides is 2. The number of nitrogens with zero attached hydrogens (tertiary/aromatic N) is 2. The van der Waals surface area contributed by atoms with Crippen LogP contribution in [0.2, 0.25) is 0 Å². The summed E-state index contributed by atoms with van der Waals surface area (Å²) >= 11 is 0. The minimum Gasteiger partial charge on any atom is -0.349 e. The Morgan fingerprint density at radius 3 is 2.79 bits per heavy atom. The molecule has 4 N–H and O–H groups in total. The van der Waals surface area contributed by atoms with Gasteiger partial charge in [0, 0.05) is 29.5 Å². The van der Waals surface area contributed by atoms with E-state index in [1.54, 1.807) is 6.92 Å². The molecule has 0 bridgehead atoms. The molecule has 3 aliphatic rings. The highest BCUT2D eigenvalue weighted by Gasteiger charge is 2.45. The quantitative estimate of drug-likeness (QED) is 0.500. The molecule has 9 heteroatoms. The van der Waals surface area contributed by atoms with Gasteiger partial charge in [0.25, 0.3) is 6.04 Å². The van der Waals surface area contributed by atoms with Crippen LogP contribution in [0, 0.1) is 28.1 Å². The number of carbonyl (C=O) groups is 2. The second kappa shape index (κ2) is 8.49. The first-order chi connectivity index (χ1) is 13.7. The fraction of sp³-hybridized carbons (Fsp3) is 0.750. The van der Waals surface area contributed by atoms with Crippen LogP contribution in [0.15, 0.2) is 11.1 Å². The van der Waals surface area contributed by atoms with Crippen molar-refractivity contribution in [3.05, 3.63) is 16.1 Å². The van der Waals surface area contributed by atoms with Crippen LogP contribution in [0.3, 0.4) is 0 Å². The van der Waals surface area contributed by atoms with Crippen LogP contribution in [-0.4, -0.2) is 53.4 Å². The van der Waals surface area contributed by atoms with Crippen molar-refractivity contribution in [1.82, 2.24) is 21.4 Å². The number of nitriles is 1. The molecule has 3 aliphatic heterocycles. The third-order valence-corrected chi connectivity index (χ3v) is 6.60. The first-order valence-electron chi connectivity index (χ1n) is 10.4. The molecule has 0 spiro atoms. The molecule has 3 rings (SSSR count). The van der Waals surface area contributed by atoms with Crippen molar-refractivity contribution in [3.8, 4) is 6.07 Å². The highest BCUT2D eigenvalue weighted by Crippen LogP contribution is 2.32. The number of rotatable bonds is 4. The molecule has 0 radical (unpaired) electrons. The van der Waals surface area contributed by atoms with E-state index in [0.29, 0.717) is 16.9 Å². The summed E-state index contributed by atoms with van der Waals surface area (Å²) in [5, 5.41) is 18.4. The summed E-state index contributed by atoms with van der Waals surface area (Å²) in [6.07, 6.45) is 1.41. The van der Waals surface area contributed by atoms with Crippen molar-refractivity contribution in [2.45, 2.75) is 77.2 Å². The Bertz CT molecular complexity index is 773. The molecule has 29 heavy (non-hydrogen) atoms. The van der Waals surface area contributed by atoms with Gasteiger partial charge in [-0.1, -0.05) is 12.5 Å². The average Bonchev–Trinajstić information content (AvgIpc) is 2.64. The van der Waals surface area contributed by atoms with Gasteiger partial charge in [0.15, 0.2) is 6.04 Å². The Hall–Kier alpha value is -2.47. The summed E-state index contributed by atoms with van der Waals surface area (Å²) in [4.78, 5) is 38.3. The molecule has 158 valence electrons. The minimum atomic E-state index is -0.514. The van der Waals surface area contributed by atoms with Gasteiger partial charge in [0.2, 0.25) is 11.8 Å². The van der Waals surface area contributed by atoms with Gasteiger partial charge >= 0.3 is 0 Å². The number of hydrogen-bond donors (Lipinski definition) is 4. The summed E-state index contributed by atoms with van der Waals surface area (Å²) in [7, 11) is 0. The molecule has 0 aromatic carbocycles. The van der Waals surface area contributed by atoms with Gasteiger partial charge in [0.1, 0.15) is 4.87 Å². The van der Waals surface area contributed by atoms with E-state index >= 15 is 0 Å². The number of nitroso groups, excluding NO2 is 1. The Morgan fingerprint density at radius 2 is 2.14 bits per heavy atom. The van der Waals surface area contributed by atoms with Crippen LogP contribution < -0.4 is 21.4 Å². The van der Waals surface area contributed by atoms with Crippen molar-refractivity contribution < 1.29 is 14.5 Å². The van der Waals surface area contributed by atoms with Crippen molar-refractivity contribution in [2.75, 3.05) is 6.54 Å². The average molecular weight is 404 g/mol. The van der Waals surface area contributed by atoms with Crippen molar-refractivity contribution in [3.63, 3.8) is 0 Å². The summed E-state index contributed by atoms with van der Waals surface area (Å²) in [6.45, 7) is 8.61. The number of nitrogens with one attached hydrogen (secondary N) is 4. The lowest BCUT2D eigenvalue weighted by atomic mass is 9.76. The molecule has 0 aromatic rings. The molecule has 0 aliphatic carbocycles. The summed E-state index contributed by atoms with van der Waals surface area (Å²) < 4.78 is 0. The molecule has 6 unspecified atom stereocenters. The molecule has 0 saturated carbocycles. The smallest absolute Gasteiger partial charge is 0.256 e. The highest BCUT2D eigenvalue weighted by atomic mass is 16.3. The zero-order chi connectivity index (χ0) is 21.3. The number of hydrogen-bond acceptors (Lipinski definition) is 5. The Balaban J connectivity index is 1.67. The van der Waals surface area contributed by atoms with Gasteiger partial charge in [-0.2, -0.15) is 5.26 Å². The second-order valence-corrected chi connectivity index (χ2v) is 8.67. The Labute approximate surface area is 171 Å². The van der Waals surface area contributed by atoms with Gasteiger partial charge < -0.3 is 16.0 Å². The van der Waals surface area contributed by atoms with Gasteiger partial charge in [-0.15, -0.1) is 5.43 Å². The SMILES string of the molecule is CC1=C(CC(=O)N[C@@H](C)C2C(C)CC(C#N)N[N+]2=O)C(=O)NC2CCNC(C)C12. The fourth-order valence-corrected chi connectivity index (χ4v) is 5.18. The van der Waals surface area contributed by atoms with E-state index in [1.165, 1.54) is 0 Å². The Kier molecular flexibility index (Phi) is 6.22. The lowest BCUT2D eigenvalue weighted by Gasteiger charge is -2.42. The molecule has 3 heterocycles. The number of piperidine rings is 1. The third kappa shape index (κ3) is 4.27. The lowest BCUT2D eigenvalue weighted by molar-refractivity contribution is -0.663. The first-order valence-corrected chi connectivity index (χ1v) is 10.4. The van der Waals surface area contributed by atoms with Crippen LogP contribution in [0.1, 0.15) is 47.0 Å². The van der Waals surface area contributed by atoms with Gasteiger partial charge in [-0.3, -0.25) is 9.59 Å². The van der Waals surface area contributed by atoms with E-state index in [-0.39, 0.29) is 42.2 Å². The van der Waals surface area contributed by atoms with E-state index in [4.69, 9.17) is 5.26 Å². The molecule has 9 nitrogen and oxygen atoms in total. The van der Waals surface area contributed by atoms with Crippen LogP contribution in [0.25, 0.3) is 0 Å². The largest absolute Gasteiger partial charge is 0.349 e. The standard InChI is InChI=1S/C20H30N6O3/c1-10-7-14(9-21)25-26(29)19(10)13(4)23-17(27)8-15-11(2)18-12(3)22-6-5-16(18)24-20(15)28/h10,12-14,16,18-19,22H,5-8H2,1-4H3,(H2-,23,24,25,27,28,29)/p+1/t10?,12?,13-,14?,16?,18?,19?/m0/s1. The van der Waals surface area contributed by atoms with Crippen LogP contribution in [0.4, 0.5) is 0 Å². The predicted molar refractivity (Wildman–Crippen MR) is 106 cm³/mol. The Morgan fingerprint density at radius 1 is 1.41 bits per heavy atom. The van der Waals surface area contributed by atoms with Crippen LogP contribution >= 0.6 is 0 Å². The van der Waals surface area contributed by atoms with Crippen molar-refractivity contribution >= 4 is 11.8 Å². The number of fused-ring (bicyclic) bond motifs is 1. The monoisotopic (exact) mass is 403 g/mol. The molecular weight excluding hydrogens is 372 g/mol. The molecule has 2 amide bonds. The topological polar surface area (TPSA) is 126 Å². The minimum absolute atomic E-state index is 0.00778. The van der Waals surface area contributed by atoms with E-state index < -0.39 is 18.1 Å². The second-order valence-electron chi connectivity index (χ2n) is 8.67. The van der Waals surface area contributed by atoms with Gasteiger partial charge in [-0.05, 0) is 40.2 Å². The zero-order valence-corrected chi connectivity index (χ0v) is 17.5. The highest BCUT2D eigenvalue weighted by molar-refractivity contribution is 6.00. The van der Waals surface area contributed by atoms with Crippen molar-refractivity contribution in [2.24, 2.45) is 11.8 Å². The van der Waals surface area contributed by atoms with Crippen molar-refractivity contribution in [1.29, 1.82) is 5.26 Å². The number of hydrazine groups is 1. The zero-order valence-electron chi connectivity index (χ0n) is 17.5. The normalized spacial score (nSPS) is 35.7. The van der Waals surface area contributed by atoms with Gasteiger partial charge in [0.05, 0.1) is 23.4 Å².